The lowest BCUT2D eigenvalue weighted by molar-refractivity contribution is 0.780. The van der Waals surface area contributed by atoms with Gasteiger partial charge in [0.15, 0.2) is 11.6 Å². The van der Waals surface area contributed by atoms with Gasteiger partial charge in [0.05, 0.1) is 12.4 Å². The Hall–Kier alpha value is -2.72. The summed E-state index contributed by atoms with van der Waals surface area (Å²) in [7, 11) is 0. The number of nitrogens with zero attached hydrogens (tertiary/aromatic N) is 6. The van der Waals surface area contributed by atoms with Crippen LogP contribution in [-0.2, 0) is 12.8 Å². The minimum Gasteiger partial charge on any atom is -0.250 e. The second kappa shape index (κ2) is 8.11. The molecule has 10 heteroatoms. The summed E-state index contributed by atoms with van der Waals surface area (Å²) in [6, 6.07) is 7.82. The van der Waals surface area contributed by atoms with Crippen LogP contribution in [0.3, 0.4) is 0 Å². The van der Waals surface area contributed by atoms with Crippen LogP contribution in [0.15, 0.2) is 34.5 Å². The zero-order valence-corrected chi connectivity index (χ0v) is 16.0. The van der Waals surface area contributed by atoms with Gasteiger partial charge in [-0.1, -0.05) is 38.1 Å². The van der Waals surface area contributed by atoms with Crippen molar-refractivity contribution in [3.63, 3.8) is 0 Å². The van der Waals surface area contributed by atoms with Gasteiger partial charge in [0, 0.05) is 12.8 Å². The van der Waals surface area contributed by atoms with E-state index in [1.165, 1.54) is 0 Å². The molecule has 3 aromatic rings. The summed E-state index contributed by atoms with van der Waals surface area (Å²) in [6.45, 7) is 4.00. The number of hydrogen-bond acceptors (Lipinski definition) is 6. The number of aryl methyl sites for hydroxylation is 2. The maximum atomic E-state index is 5.18. The maximum absolute atomic E-state index is 5.18. The maximum Gasteiger partial charge on any atom is 0.216 e. The standard InChI is InChI=1S/C16H18N8S2/c1-3-13-19-21-15(25)23(13)17-9-11-5-7-12(8-6-11)10-18-24-14(4-2)20-22-16(24)26/h5-10H,3-4H2,1-2H3,(H,21,25)(H,22,26)/b17-9+,18-10+. The molecule has 3 rings (SSSR count). The average Bonchev–Trinajstić information content (AvgIpc) is 3.20. The van der Waals surface area contributed by atoms with Crippen molar-refractivity contribution in [2.45, 2.75) is 26.7 Å². The van der Waals surface area contributed by atoms with Crippen LogP contribution in [0.25, 0.3) is 0 Å². The highest BCUT2D eigenvalue weighted by molar-refractivity contribution is 7.71. The first-order valence-electron chi connectivity index (χ1n) is 8.13. The Morgan fingerprint density at radius 3 is 1.58 bits per heavy atom. The van der Waals surface area contributed by atoms with E-state index in [1.54, 1.807) is 21.8 Å². The molecule has 26 heavy (non-hydrogen) atoms. The minimum atomic E-state index is 0.477. The van der Waals surface area contributed by atoms with E-state index >= 15 is 0 Å². The monoisotopic (exact) mass is 386 g/mol. The van der Waals surface area contributed by atoms with Crippen LogP contribution >= 0.6 is 24.4 Å². The summed E-state index contributed by atoms with van der Waals surface area (Å²) in [6.07, 6.45) is 4.98. The van der Waals surface area contributed by atoms with Crippen LogP contribution in [0.4, 0.5) is 0 Å². The number of aromatic nitrogens is 6. The van der Waals surface area contributed by atoms with Gasteiger partial charge in [0.25, 0.3) is 0 Å². The van der Waals surface area contributed by atoms with Crippen LogP contribution in [0.1, 0.15) is 36.6 Å². The molecule has 0 radical (unpaired) electrons. The van der Waals surface area contributed by atoms with Gasteiger partial charge in [0.2, 0.25) is 9.54 Å². The Kier molecular flexibility index (Phi) is 5.64. The average molecular weight is 387 g/mol. The molecule has 0 atom stereocenters. The number of nitrogens with one attached hydrogen (secondary N) is 2. The summed E-state index contributed by atoms with van der Waals surface area (Å²) < 4.78 is 4.20. The fraction of sp³-hybridized carbons (Fsp3) is 0.250. The first-order valence-corrected chi connectivity index (χ1v) is 8.95. The lowest BCUT2D eigenvalue weighted by Gasteiger charge is -1.99. The van der Waals surface area contributed by atoms with Crippen LogP contribution in [0.2, 0.25) is 0 Å². The zero-order chi connectivity index (χ0) is 18.5. The van der Waals surface area contributed by atoms with Crippen LogP contribution in [0, 0.1) is 9.54 Å². The predicted molar refractivity (Wildman–Crippen MR) is 106 cm³/mol. The molecule has 0 aliphatic heterocycles. The van der Waals surface area contributed by atoms with Crippen molar-refractivity contribution < 1.29 is 0 Å². The van der Waals surface area contributed by atoms with E-state index in [0.29, 0.717) is 9.54 Å². The smallest absolute Gasteiger partial charge is 0.216 e. The fourth-order valence-corrected chi connectivity index (χ4v) is 2.66. The van der Waals surface area contributed by atoms with E-state index in [-0.39, 0.29) is 0 Å². The van der Waals surface area contributed by atoms with Gasteiger partial charge in [-0.25, -0.2) is 0 Å². The lowest BCUT2D eigenvalue weighted by atomic mass is 10.2. The van der Waals surface area contributed by atoms with Crippen LogP contribution < -0.4 is 0 Å². The summed E-state index contributed by atoms with van der Waals surface area (Å²) in [5, 5.41) is 22.5. The fourth-order valence-electron chi connectivity index (χ4n) is 2.26. The van der Waals surface area contributed by atoms with E-state index in [2.05, 4.69) is 30.6 Å². The van der Waals surface area contributed by atoms with Gasteiger partial charge >= 0.3 is 0 Å². The lowest BCUT2D eigenvalue weighted by Crippen LogP contribution is -1.98. The Morgan fingerprint density at radius 1 is 0.846 bits per heavy atom. The zero-order valence-electron chi connectivity index (χ0n) is 14.4. The highest BCUT2D eigenvalue weighted by atomic mass is 32.1. The molecule has 0 amide bonds. The molecule has 134 valence electrons. The number of H-pyrrole nitrogens is 2. The largest absolute Gasteiger partial charge is 0.250 e. The topological polar surface area (TPSA) is 91.9 Å². The van der Waals surface area contributed by atoms with E-state index in [1.807, 2.05) is 38.1 Å². The highest BCUT2D eigenvalue weighted by Gasteiger charge is 2.02. The van der Waals surface area contributed by atoms with Crippen molar-refractivity contribution in [3.8, 4) is 0 Å². The van der Waals surface area contributed by atoms with Crippen molar-refractivity contribution in [1.82, 2.24) is 29.7 Å². The molecule has 0 aliphatic carbocycles. The second-order valence-electron chi connectivity index (χ2n) is 5.38. The first-order chi connectivity index (χ1) is 12.6. The molecule has 0 bridgehead atoms. The predicted octanol–water partition coefficient (Wildman–Crippen LogP) is 3.08. The minimum absolute atomic E-state index is 0.477. The number of hydrogen-bond donors (Lipinski definition) is 2. The molecule has 8 nitrogen and oxygen atoms in total. The van der Waals surface area contributed by atoms with Gasteiger partial charge < -0.3 is 0 Å². The Labute approximate surface area is 160 Å². The molecule has 0 saturated heterocycles. The SMILES string of the molecule is CCc1n[nH]c(=S)n1/N=C/c1ccc(/C=N/n2c(CC)n[nH]c2=S)cc1. The molecular weight excluding hydrogens is 368 g/mol. The van der Waals surface area contributed by atoms with Crippen molar-refractivity contribution in [1.29, 1.82) is 0 Å². The van der Waals surface area contributed by atoms with Gasteiger partial charge in [-0.3, -0.25) is 10.2 Å². The molecular formula is C16H18N8S2. The number of benzene rings is 1. The van der Waals surface area contributed by atoms with Gasteiger partial charge in [-0.05, 0) is 35.6 Å². The van der Waals surface area contributed by atoms with Crippen LogP contribution in [-0.4, -0.2) is 42.2 Å². The van der Waals surface area contributed by atoms with Gasteiger partial charge in [-0.15, -0.1) is 0 Å². The van der Waals surface area contributed by atoms with E-state index in [4.69, 9.17) is 24.4 Å². The quantitative estimate of drug-likeness (QED) is 0.503. The second-order valence-corrected chi connectivity index (χ2v) is 6.15. The molecule has 0 unspecified atom stereocenters. The van der Waals surface area contributed by atoms with E-state index in [0.717, 1.165) is 35.6 Å². The van der Waals surface area contributed by atoms with Crippen LogP contribution in [0.5, 0.6) is 0 Å². The summed E-state index contributed by atoms with van der Waals surface area (Å²) in [5.41, 5.74) is 1.89. The molecule has 0 saturated carbocycles. The van der Waals surface area contributed by atoms with E-state index in [9.17, 15) is 0 Å². The number of rotatable bonds is 6. The van der Waals surface area contributed by atoms with E-state index < -0.39 is 0 Å². The van der Waals surface area contributed by atoms with Gasteiger partial charge in [-0.2, -0.15) is 29.8 Å². The third-order valence-electron chi connectivity index (χ3n) is 3.65. The summed E-state index contributed by atoms with van der Waals surface area (Å²) in [4.78, 5) is 0. The molecule has 2 N–H and O–H groups in total. The Bertz CT molecular complexity index is 964. The third kappa shape index (κ3) is 3.92. The van der Waals surface area contributed by atoms with Gasteiger partial charge in [0.1, 0.15) is 0 Å². The normalized spacial score (nSPS) is 11.8. The van der Waals surface area contributed by atoms with Crippen molar-refractivity contribution >= 4 is 36.9 Å². The van der Waals surface area contributed by atoms with Crippen molar-refractivity contribution in [2.75, 3.05) is 0 Å². The molecule has 2 heterocycles. The summed E-state index contributed by atoms with van der Waals surface area (Å²) in [5.74, 6) is 1.58. The first kappa shape index (κ1) is 18.1. The molecule has 0 aliphatic rings. The molecule has 1 aromatic carbocycles. The number of aromatic amines is 2. The Morgan fingerprint density at radius 2 is 1.23 bits per heavy atom. The summed E-state index contributed by atoms with van der Waals surface area (Å²) >= 11 is 10.4. The molecule has 2 aromatic heterocycles. The third-order valence-corrected chi connectivity index (χ3v) is 4.18. The molecule has 0 spiro atoms. The van der Waals surface area contributed by atoms with Crippen molar-refractivity contribution in [3.05, 3.63) is 56.6 Å². The highest BCUT2D eigenvalue weighted by Crippen LogP contribution is 2.04. The van der Waals surface area contributed by atoms with Crippen molar-refractivity contribution in [2.24, 2.45) is 10.2 Å². The Balaban J connectivity index is 1.76. The molecule has 0 fully saturated rings.